The van der Waals surface area contributed by atoms with Crippen LogP contribution in [0.2, 0.25) is 0 Å². The molecular formula is C18H18FNO2S. The second kappa shape index (κ2) is 7.04. The van der Waals surface area contributed by atoms with Gasteiger partial charge in [0.1, 0.15) is 11.6 Å². The van der Waals surface area contributed by atoms with Crippen LogP contribution < -0.4 is 4.74 Å². The molecule has 3 rings (SSSR count). The van der Waals surface area contributed by atoms with Crippen LogP contribution in [0.4, 0.5) is 4.39 Å². The summed E-state index contributed by atoms with van der Waals surface area (Å²) in [6.45, 7) is 1.32. The third kappa shape index (κ3) is 3.67. The van der Waals surface area contributed by atoms with Crippen LogP contribution in [0, 0.1) is 5.82 Å². The minimum atomic E-state index is -0.381. The van der Waals surface area contributed by atoms with Gasteiger partial charge in [-0.05, 0) is 35.9 Å². The van der Waals surface area contributed by atoms with Gasteiger partial charge in [-0.1, -0.05) is 18.2 Å². The van der Waals surface area contributed by atoms with Crippen molar-refractivity contribution < 1.29 is 13.9 Å². The Labute approximate surface area is 139 Å². The first-order valence-electron chi connectivity index (χ1n) is 7.48. The summed E-state index contributed by atoms with van der Waals surface area (Å²) in [4.78, 5) is 14.4. The highest BCUT2D eigenvalue weighted by atomic mass is 32.2. The summed E-state index contributed by atoms with van der Waals surface area (Å²) >= 11 is 1.84. The van der Waals surface area contributed by atoms with Gasteiger partial charge in [-0.3, -0.25) is 4.79 Å². The van der Waals surface area contributed by atoms with Crippen LogP contribution in [0.15, 0.2) is 48.5 Å². The highest BCUT2D eigenvalue weighted by molar-refractivity contribution is 7.99. The van der Waals surface area contributed by atoms with Crippen LogP contribution in [0.1, 0.15) is 21.2 Å². The number of methoxy groups -OCH3 is 1. The maximum absolute atomic E-state index is 13.3. The Kier molecular flexibility index (Phi) is 4.86. The summed E-state index contributed by atoms with van der Waals surface area (Å²) in [7, 11) is 1.64. The molecule has 1 aliphatic rings. The zero-order chi connectivity index (χ0) is 16.2. The Morgan fingerprint density at radius 3 is 2.74 bits per heavy atom. The van der Waals surface area contributed by atoms with E-state index in [1.807, 2.05) is 36.0 Å². The van der Waals surface area contributed by atoms with Crippen molar-refractivity contribution in [2.45, 2.75) is 5.25 Å². The van der Waals surface area contributed by atoms with Gasteiger partial charge in [0.05, 0.1) is 7.11 Å². The van der Waals surface area contributed by atoms with Crippen molar-refractivity contribution >= 4 is 17.7 Å². The fourth-order valence-corrected chi connectivity index (χ4v) is 3.90. The summed E-state index contributed by atoms with van der Waals surface area (Å²) < 4.78 is 18.5. The molecule has 2 aromatic carbocycles. The van der Waals surface area contributed by atoms with Crippen molar-refractivity contribution in [3.05, 3.63) is 65.5 Å². The van der Waals surface area contributed by atoms with Crippen molar-refractivity contribution in [1.82, 2.24) is 4.90 Å². The number of carbonyl (C=O) groups excluding carboxylic acids is 1. The third-order valence-electron chi connectivity index (χ3n) is 3.91. The quantitative estimate of drug-likeness (QED) is 0.857. The molecule has 1 fully saturated rings. The molecule has 5 heteroatoms. The number of hydrogen-bond donors (Lipinski definition) is 0. The molecule has 0 spiro atoms. The first kappa shape index (κ1) is 15.9. The number of thioether (sulfide) groups is 1. The highest BCUT2D eigenvalue weighted by Crippen LogP contribution is 2.34. The molecule has 0 N–H and O–H groups in total. The van der Waals surface area contributed by atoms with Gasteiger partial charge in [-0.2, -0.15) is 11.8 Å². The molecule has 0 saturated carbocycles. The SMILES string of the molecule is COc1ccc(C2CN(C(=O)c3cccc(F)c3)CCS2)cc1. The molecule has 0 aromatic heterocycles. The number of nitrogens with zero attached hydrogens (tertiary/aromatic N) is 1. The van der Waals surface area contributed by atoms with E-state index < -0.39 is 0 Å². The standard InChI is InChI=1S/C18H18FNO2S/c1-22-16-7-5-13(6-8-16)17-12-20(9-10-23-17)18(21)14-3-2-4-15(19)11-14/h2-8,11,17H,9-10,12H2,1H3. The molecule has 0 radical (unpaired) electrons. The van der Waals surface area contributed by atoms with Gasteiger partial charge in [0.15, 0.2) is 0 Å². The molecular weight excluding hydrogens is 313 g/mol. The van der Waals surface area contributed by atoms with E-state index in [1.165, 1.54) is 17.7 Å². The van der Waals surface area contributed by atoms with Crippen molar-refractivity contribution in [3.8, 4) is 5.75 Å². The zero-order valence-electron chi connectivity index (χ0n) is 12.9. The van der Waals surface area contributed by atoms with E-state index in [4.69, 9.17) is 4.74 Å². The van der Waals surface area contributed by atoms with Crippen molar-refractivity contribution in [3.63, 3.8) is 0 Å². The van der Waals surface area contributed by atoms with Crippen LogP contribution in [0.3, 0.4) is 0 Å². The lowest BCUT2D eigenvalue weighted by atomic mass is 10.1. The Balaban J connectivity index is 1.73. The number of carbonyl (C=O) groups is 1. The van der Waals surface area contributed by atoms with Crippen molar-refractivity contribution in [2.24, 2.45) is 0 Å². The molecule has 1 amide bonds. The summed E-state index contributed by atoms with van der Waals surface area (Å²) in [6.07, 6.45) is 0. The van der Waals surface area contributed by atoms with Gasteiger partial charge >= 0.3 is 0 Å². The van der Waals surface area contributed by atoms with Crippen molar-refractivity contribution in [1.29, 1.82) is 0 Å². The molecule has 1 heterocycles. The summed E-state index contributed by atoms with van der Waals surface area (Å²) in [6, 6.07) is 13.8. The van der Waals surface area contributed by atoms with E-state index in [2.05, 4.69) is 0 Å². The molecule has 1 atom stereocenters. The second-order valence-corrected chi connectivity index (χ2v) is 6.70. The van der Waals surface area contributed by atoms with Crippen LogP contribution in [-0.4, -0.2) is 36.8 Å². The molecule has 23 heavy (non-hydrogen) atoms. The molecule has 0 aliphatic carbocycles. The van der Waals surface area contributed by atoms with E-state index in [0.29, 0.717) is 18.7 Å². The van der Waals surface area contributed by atoms with E-state index >= 15 is 0 Å². The number of benzene rings is 2. The number of amides is 1. The lowest BCUT2D eigenvalue weighted by Gasteiger charge is -2.32. The first-order chi connectivity index (χ1) is 11.2. The Bertz CT molecular complexity index is 690. The van der Waals surface area contributed by atoms with Crippen LogP contribution in [-0.2, 0) is 0 Å². The summed E-state index contributed by atoms with van der Waals surface area (Å²) in [5.41, 5.74) is 1.58. The minimum absolute atomic E-state index is 0.108. The van der Waals surface area contributed by atoms with Gasteiger partial charge < -0.3 is 9.64 Å². The summed E-state index contributed by atoms with van der Waals surface area (Å²) in [5.74, 6) is 1.21. The maximum atomic E-state index is 13.3. The third-order valence-corrected chi connectivity index (χ3v) is 5.15. The topological polar surface area (TPSA) is 29.5 Å². The Hall–Kier alpha value is -2.01. The lowest BCUT2D eigenvalue weighted by Crippen LogP contribution is -2.39. The van der Waals surface area contributed by atoms with E-state index in [9.17, 15) is 9.18 Å². The molecule has 3 nitrogen and oxygen atoms in total. The van der Waals surface area contributed by atoms with Crippen LogP contribution in [0.25, 0.3) is 0 Å². The average molecular weight is 331 g/mol. The number of ether oxygens (including phenoxy) is 1. The first-order valence-corrected chi connectivity index (χ1v) is 8.52. The number of hydrogen-bond acceptors (Lipinski definition) is 3. The van der Waals surface area contributed by atoms with Gasteiger partial charge in [0.25, 0.3) is 5.91 Å². The lowest BCUT2D eigenvalue weighted by molar-refractivity contribution is 0.0761. The average Bonchev–Trinajstić information content (AvgIpc) is 2.61. The largest absolute Gasteiger partial charge is 0.497 e. The van der Waals surface area contributed by atoms with Gasteiger partial charge in [0.2, 0.25) is 0 Å². The maximum Gasteiger partial charge on any atom is 0.254 e. The van der Waals surface area contributed by atoms with Crippen LogP contribution in [0.5, 0.6) is 5.75 Å². The number of rotatable bonds is 3. The molecule has 1 aliphatic heterocycles. The van der Waals surface area contributed by atoms with Gasteiger partial charge in [-0.25, -0.2) is 4.39 Å². The fraction of sp³-hybridized carbons (Fsp3) is 0.278. The summed E-state index contributed by atoms with van der Waals surface area (Å²) in [5, 5.41) is 0.229. The predicted octanol–water partition coefficient (Wildman–Crippen LogP) is 3.76. The van der Waals surface area contributed by atoms with E-state index in [0.717, 1.165) is 11.5 Å². The normalized spacial score (nSPS) is 17.8. The minimum Gasteiger partial charge on any atom is -0.497 e. The smallest absolute Gasteiger partial charge is 0.254 e. The van der Waals surface area contributed by atoms with E-state index in [1.54, 1.807) is 24.1 Å². The highest BCUT2D eigenvalue weighted by Gasteiger charge is 2.26. The molecule has 0 bridgehead atoms. The predicted molar refractivity (Wildman–Crippen MR) is 90.5 cm³/mol. The molecule has 1 unspecified atom stereocenters. The zero-order valence-corrected chi connectivity index (χ0v) is 13.7. The molecule has 2 aromatic rings. The Morgan fingerprint density at radius 2 is 2.04 bits per heavy atom. The fourth-order valence-electron chi connectivity index (χ4n) is 2.66. The van der Waals surface area contributed by atoms with Crippen molar-refractivity contribution in [2.75, 3.05) is 26.0 Å². The van der Waals surface area contributed by atoms with Gasteiger partial charge in [0, 0.05) is 29.7 Å². The Morgan fingerprint density at radius 1 is 1.26 bits per heavy atom. The second-order valence-electron chi connectivity index (χ2n) is 5.39. The van der Waals surface area contributed by atoms with Crippen LogP contribution >= 0.6 is 11.8 Å². The number of halogens is 1. The van der Waals surface area contributed by atoms with E-state index in [-0.39, 0.29) is 17.0 Å². The monoisotopic (exact) mass is 331 g/mol. The molecule has 1 saturated heterocycles. The van der Waals surface area contributed by atoms with Gasteiger partial charge in [-0.15, -0.1) is 0 Å². The molecule has 120 valence electrons.